The molecule has 0 bridgehead atoms. The Labute approximate surface area is 82.6 Å². The van der Waals surface area contributed by atoms with Crippen molar-refractivity contribution in [1.29, 1.82) is 0 Å². The Balaban J connectivity index is 2.17. The summed E-state index contributed by atoms with van der Waals surface area (Å²) in [6.07, 6.45) is 0. The fourth-order valence-electron chi connectivity index (χ4n) is 0.960. The molecule has 68 valence electrons. The van der Waals surface area contributed by atoms with Crippen molar-refractivity contribution in [2.75, 3.05) is 12.3 Å². The van der Waals surface area contributed by atoms with Gasteiger partial charge >= 0.3 is 0 Å². The minimum Gasteiger partial charge on any atom is -0.314 e. The topological polar surface area (TPSA) is 12.0 Å². The number of thioether (sulfide) groups is 1. The summed E-state index contributed by atoms with van der Waals surface area (Å²) in [4.78, 5) is 0. The third kappa shape index (κ3) is 3.61. The molecule has 0 saturated carbocycles. The lowest BCUT2D eigenvalue weighted by molar-refractivity contribution is 0.620. The summed E-state index contributed by atoms with van der Waals surface area (Å²) < 4.78 is 1.42. The number of hydrogen-bond donors (Lipinski definition) is 1. The van der Waals surface area contributed by atoms with Crippen molar-refractivity contribution >= 4 is 23.1 Å². The summed E-state index contributed by atoms with van der Waals surface area (Å²) in [5.74, 6) is 1.16. The molecule has 1 unspecified atom stereocenters. The van der Waals surface area contributed by atoms with Gasteiger partial charge in [0.05, 0.1) is 4.21 Å². The first kappa shape index (κ1) is 10.1. The van der Waals surface area contributed by atoms with Crippen molar-refractivity contribution in [2.24, 2.45) is 0 Å². The molecule has 0 aromatic carbocycles. The molecule has 0 spiro atoms. The maximum atomic E-state index is 3.39. The Hall–Kier alpha value is 0.01000. The summed E-state index contributed by atoms with van der Waals surface area (Å²) in [6.45, 7) is 5.43. The van der Waals surface area contributed by atoms with E-state index in [0.29, 0.717) is 6.04 Å². The van der Waals surface area contributed by atoms with Gasteiger partial charge in [0, 0.05) is 11.8 Å². The molecule has 0 amide bonds. The van der Waals surface area contributed by atoms with E-state index in [1.807, 2.05) is 23.1 Å². The molecule has 1 nitrogen and oxygen atoms in total. The predicted molar refractivity (Wildman–Crippen MR) is 58.2 cm³/mol. The van der Waals surface area contributed by atoms with E-state index in [9.17, 15) is 0 Å². The second kappa shape index (κ2) is 5.62. The highest BCUT2D eigenvalue weighted by molar-refractivity contribution is 8.01. The highest BCUT2D eigenvalue weighted by Gasteiger charge is 2.00. The van der Waals surface area contributed by atoms with Crippen molar-refractivity contribution in [1.82, 2.24) is 5.32 Å². The number of nitrogens with one attached hydrogen (secondary N) is 1. The number of rotatable bonds is 5. The van der Waals surface area contributed by atoms with Crippen LogP contribution in [0.25, 0.3) is 0 Å². The van der Waals surface area contributed by atoms with Crippen molar-refractivity contribution < 1.29 is 0 Å². The van der Waals surface area contributed by atoms with Gasteiger partial charge in [-0.05, 0) is 24.9 Å². The van der Waals surface area contributed by atoms with Crippen molar-refractivity contribution in [3.05, 3.63) is 17.5 Å². The second-order valence-electron chi connectivity index (χ2n) is 2.70. The van der Waals surface area contributed by atoms with Gasteiger partial charge in [0.2, 0.25) is 0 Å². The smallest absolute Gasteiger partial charge is 0.0599 e. The third-order valence-electron chi connectivity index (χ3n) is 1.52. The summed E-state index contributed by atoms with van der Waals surface area (Å²) in [5, 5.41) is 5.52. The molecular weight excluding hydrogens is 186 g/mol. The summed E-state index contributed by atoms with van der Waals surface area (Å²) >= 11 is 3.75. The minimum absolute atomic E-state index is 0.613. The van der Waals surface area contributed by atoms with Gasteiger partial charge < -0.3 is 5.32 Å². The van der Waals surface area contributed by atoms with E-state index < -0.39 is 0 Å². The van der Waals surface area contributed by atoms with Crippen LogP contribution in [0.5, 0.6) is 0 Å². The van der Waals surface area contributed by atoms with Crippen molar-refractivity contribution in [2.45, 2.75) is 24.1 Å². The van der Waals surface area contributed by atoms with E-state index in [-0.39, 0.29) is 0 Å². The van der Waals surface area contributed by atoms with Crippen LogP contribution in [0.15, 0.2) is 21.7 Å². The maximum absolute atomic E-state index is 3.39. The van der Waals surface area contributed by atoms with Crippen LogP contribution < -0.4 is 5.32 Å². The van der Waals surface area contributed by atoms with Gasteiger partial charge in [0.25, 0.3) is 0 Å². The molecule has 1 atom stereocenters. The Kier molecular flexibility index (Phi) is 4.73. The van der Waals surface area contributed by atoms with Gasteiger partial charge in [-0.25, -0.2) is 0 Å². The first-order valence-electron chi connectivity index (χ1n) is 4.22. The SMILES string of the molecule is CCNC(C)CSc1cccs1. The minimum atomic E-state index is 0.613. The Morgan fingerprint density at radius 1 is 1.67 bits per heavy atom. The monoisotopic (exact) mass is 201 g/mol. The largest absolute Gasteiger partial charge is 0.314 e. The first-order chi connectivity index (χ1) is 5.83. The van der Waals surface area contributed by atoms with Gasteiger partial charge in [-0.1, -0.05) is 13.0 Å². The van der Waals surface area contributed by atoms with Crippen LogP contribution in [0.4, 0.5) is 0 Å². The highest BCUT2D eigenvalue weighted by atomic mass is 32.2. The maximum Gasteiger partial charge on any atom is 0.0599 e. The van der Waals surface area contributed by atoms with Gasteiger partial charge in [0.1, 0.15) is 0 Å². The Bertz CT molecular complexity index is 196. The number of thiophene rings is 1. The lowest BCUT2D eigenvalue weighted by Gasteiger charge is -2.09. The van der Waals surface area contributed by atoms with E-state index in [4.69, 9.17) is 0 Å². The normalized spacial score (nSPS) is 13.2. The zero-order valence-electron chi connectivity index (χ0n) is 7.54. The molecule has 0 aliphatic carbocycles. The summed E-state index contributed by atoms with van der Waals surface area (Å²) in [6, 6.07) is 4.89. The van der Waals surface area contributed by atoms with Crippen LogP contribution >= 0.6 is 23.1 Å². The lowest BCUT2D eigenvalue weighted by Crippen LogP contribution is -2.27. The molecule has 1 aromatic rings. The molecule has 0 radical (unpaired) electrons. The second-order valence-corrected chi connectivity index (χ2v) is 4.97. The lowest BCUT2D eigenvalue weighted by atomic mass is 10.4. The molecule has 12 heavy (non-hydrogen) atoms. The van der Waals surface area contributed by atoms with Gasteiger partial charge in [0.15, 0.2) is 0 Å². The summed E-state index contributed by atoms with van der Waals surface area (Å²) in [7, 11) is 0. The van der Waals surface area contributed by atoms with E-state index in [0.717, 1.165) is 12.3 Å². The van der Waals surface area contributed by atoms with Crippen LogP contribution in [0, 0.1) is 0 Å². The van der Waals surface area contributed by atoms with E-state index in [2.05, 4.69) is 36.7 Å². The molecule has 1 N–H and O–H groups in total. The molecule has 0 aliphatic rings. The van der Waals surface area contributed by atoms with Crippen LogP contribution in [0.3, 0.4) is 0 Å². The first-order valence-corrected chi connectivity index (χ1v) is 6.09. The van der Waals surface area contributed by atoms with Gasteiger partial charge in [-0.15, -0.1) is 23.1 Å². The quantitative estimate of drug-likeness (QED) is 0.735. The molecular formula is C9H15NS2. The molecule has 0 aliphatic heterocycles. The third-order valence-corrected chi connectivity index (χ3v) is 3.91. The Morgan fingerprint density at radius 3 is 3.08 bits per heavy atom. The molecule has 1 rings (SSSR count). The molecule has 3 heteroatoms. The van der Waals surface area contributed by atoms with Crippen LogP contribution in [-0.2, 0) is 0 Å². The van der Waals surface area contributed by atoms with Crippen LogP contribution in [-0.4, -0.2) is 18.3 Å². The van der Waals surface area contributed by atoms with Gasteiger partial charge in [-0.3, -0.25) is 0 Å². The average molecular weight is 201 g/mol. The standard InChI is InChI=1S/C9H15NS2/c1-3-10-8(2)7-12-9-5-4-6-11-9/h4-6,8,10H,3,7H2,1-2H3. The van der Waals surface area contributed by atoms with E-state index in [1.165, 1.54) is 4.21 Å². The van der Waals surface area contributed by atoms with E-state index in [1.54, 1.807) is 0 Å². The fraction of sp³-hybridized carbons (Fsp3) is 0.556. The Morgan fingerprint density at radius 2 is 2.50 bits per heavy atom. The van der Waals surface area contributed by atoms with Crippen molar-refractivity contribution in [3.8, 4) is 0 Å². The zero-order chi connectivity index (χ0) is 8.81. The molecule has 1 aromatic heterocycles. The fourth-order valence-corrected chi connectivity index (χ4v) is 2.76. The molecule has 1 heterocycles. The molecule has 0 saturated heterocycles. The van der Waals surface area contributed by atoms with Crippen LogP contribution in [0.2, 0.25) is 0 Å². The zero-order valence-corrected chi connectivity index (χ0v) is 9.17. The average Bonchev–Trinajstić information content (AvgIpc) is 2.53. The highest BCUT2D eigenvalue weighted by Crippen LogP contribution is 2.23. The number of hydrogen-bond acceptors (Lipinski definition) is 3. The summed E-state index contributed by atoms with van der Waals surface area (Å²) in [5.41, 5.74) is 0. The van der Waals surface area contributed by atoms with Crippen LogP contribution in [0.1, 0.15) is 13.8 Å². The van der Waals surface area contributed by atoms with Gasteiger partial charge in [-0.2, -0.15) is 0 Å². The molecule has 0 fully saturated rings. The predicted octanol–water partition coefficient (Wildman–Crippen LogP) is 2.84. The van der Waals surface area contributed by atoms with E-state index >= 15 is 0 Å². The van der Waals surface area contributed by atoms with Crippen molar-refractivity contribution in [3.63, 3.8) is 0 Å².